The Kier molecular flexibility index (Phi) is 8.12. The molecule has 1 N–H and O–H groups in total. The number of carbonyl (C=O) groups excluding carboxylic acids is 1. The summed E-state index contributed by atoms with van der Waals surface area (Å²) < 4.78 is 11.8. The normalized spacial score (nSPS) is 21.0. The number of aryl methyl sites for hydroxylation is 1. The lowest BCUT2D eigenvalue weighted by Crippen LogP contribution is -2.51. The van der Waals surface area contributed by atoms with Gasteiger partial charge in [-0.15, -0.1) is 0 Å². The van der Waals surface area contributed by atoms with Crippen molar-refractivity contribution >= 4 is 45.6 Å². The lowest BCUT2D eigenvalue weighted by atomic mass is 9.68. The van der Waals surface area contributed by atoms with Gasteiger partial charge in [0, 0.05) is 55.2 Å². The summed E-state index contributed by atoms with van der Waals surface area (Å²) in [5, 5.41) is 1.53. The number of fused-ring (bicyclic) bond motifs is 3. The van der Waals surface area contributed by atoms with Crippen LogP contribution in [0.15, 0.2) is 45.7 Å². The van der Waals surface area contributed by atoms with Gasteiger partial charge in [0.25, 0.3) is 5.56 Å². The Morgan fingerprint density at radius 2 is 1.98 bits per heavy atom. The number of rotatable bonds is 8. The molecule has 4 aromatic rings. The van der Waals surface area contributed by atoms with Crippen LogP contribution in [0.1, 0.15) is 63.8 Å². The molecule has 0 radical (unpaired) electrons. The van der Waals surface area contributed by atoms with Crippen LogP contribution in [0.25, 0.3) is 22.1 Å². The molecule has 5 heterocycles. The minimum Gasteiger partial charge on any atom is -0.450 e. The van der Waals surface area contributed by atoms with Crippen LogP contribution in [-0.2, 0) is 16.6 Å². The largest absolute Gasteiger partial charge is 0.450 e. The van der Waals surface area contributed by atoms with E-state index in [9.17, 15) is 9.59 Å². The Balaban J connectivity index is 1.01. The summed E-state index contributed by atoms with van der Waals surface area (Å²) in [6.45, 7) is 7.56. The van der Waals surface area contributed by atoms with Gasteiger partial charge in [0.05, 0.1) is 11.6 Å². The van der Waals surface area contributed by atoms with Gasteiger partial charge in [-0.2, -0.15) is 0 Å². The van der Waals surface area contributed by atoms with Gasteiger partial charge in [0.2, 0.25) is 0 Å². The van der Waals surface area contributed by atoms with E-state index < -0.39 is 0 Å². The summed E-state index contributed by atoms with van der Waals surface area (Å²) in [5.74, 6) is 1.81. The number of anilines is 1. The van der Waals surface area contributed by atoms with E-state index in [-0.39, 0.29) is 23.0 Å². The predicted octanol–water partition coefficient (Wildman–Crippen LogP) is 6.47. The van der Waals surface area contributed by atoms with Crippen molar-refractivity contribution < 1.29 is 13.9 Å². The first-order valence-electron chi connectivity index (χ1n) is 15.1. The highest BCUT2D eigenvalue weighted by Gasteiger charge is 2.41. The fraction of sp³-hybridized carbons (Fsp3) is 0.500. The van der Waals surface area contributed by atoms with E-state index in [1.54, 1.807) is 11.0 Å². The Labute approximate surface area is 250 Å². The van der Waals surface area contributed by atoms with Gasteiger partial charge in [0.1, 0.15) is 16.9 Å². The van der Waals surface area contributed by atoms with Gasteiger partial charge in [0.15, 0.2) is 11.4 Å². The first-order valence-corrected chi connectivity index (χ1v) is 15.4. The quantitative estimate of drug-likeness (QED) is 0.234. The van der Waals surface area contributed by atoms with E-state index in [0.717, 1.165) is 85.3 Å². The molecule has 3 aromatic heterocycles. The van der Waals surface area contributed by atoms with Crippen LogP contribution in [0.2, 0.25) is 5.02 Å². The summed E-state index contributed by atoms with van der Waals surface area (Å²) in [4.78, 5) is 41.9. The van der Waals surface area contributed by atoms with Gasteiger partial charge in [-0.05, 0) is 62.6 Å². The minimum atomic E-state index is -0.363. The molecule has 6 rings (SSSR count). The van der Waals surface area contributed by atoms with Crippen molar-refractivity contribution in [2.75, 3.05) is 37.7 Å². The zero-order valence-electron chi connectivity index (χ0n) is 24.3. The van der Waals surface area contributed by atoms with Gasteiger partial charge < -0.3 is 23.9 Å². The lowest BCUT2D eigenvalue weighted by Gasteiger charge is -2.44. The molecule has 2 aliphatic heterocycles. The summed E-state index contributed by atoms with van der Waals surface area (Å²) >= 11 is 6.16. The Bertz CT molecular complexity index is 1650. The number of pyridine rings is 1. The molecule has 1 aromatic carbocycles. The number of ether oxygens (including phenoxy) is 1. The molecule has 2 aliphatic rings. The van der Waals surface area contributed by atoms with Gasteiger partial charge in [-0.1, -0.05) is 37.6 Å². The number of aromatic nitrogens is 3. The summed E-state index contributed by atoms with van der Waals surface area (Å²) in [6.07, 6.45) is 7.57. The minimum absolute atomic E-state index is 0.0773. The maximum atomic E-state index is 12.8. The number of para-hydroxylation sites is 1. The fourth-order valence-electron chi connectivity index (χ4n) is 6.37. The van der Waals surface area contributed by atoms with Crippen LogP contribution in [0, 0.1) is 5.92 Å². The molecule has 10 heteroatoms. The number of hydrogen-bond acceptors (Lipinski definition) is 7. The van der Waals surface area contributed by atoms with Gasteiger partial charge in [-0.3, -0.25) is 4.79 Å². The molecule has 1 amide bonds. The number of benzene rings is 1. The summed E-state index contributed by atoms with van der Waals surface area (Å²) in [5.41, 5.74) is 2.69. The van der Waals surface area contributed by atoms with Crippen LogP contribution in [-0.4, -0.2) is 58.7 Å². The Morgan fingerprint density at radius 1 is 1.17 bits per heavy atom. The van der Waals surface area contributed by atoms with E-state index in [1.807, 2.05) is 18.2 Å². The van der Waals surface area contributed by atoms with Crippen molar-refractivity contribution in [3.63, 3.8) is 0 Å². The second-order valence-corrected chi connectivity index (χ2v) is 12.4. The van der Waals surface area contributed by atoms with Crippen LogP contribution in [0.4, 0.5) is 10.6 Å². The molecule has 222 valence electrons. The smallest absolute Gasteiger partial charge is 0.409 e. The van der Waals surface area contributed by atoms with E-state index in [1.165, 1.54) is 6.20 Å². The SMILES string of the molecule is CC1CN(C(=O)OCCCCCc2nc(N3CCCC3)c3oc4ccccc4c3n2)CCC1(C)c1cc(Cl)c[nH]c1=O. The van der Waals surface area contributed by atoms with E-state index >= 15 is 0 Å². The average Bonchev–Trinajstić information content (AvgIpc) is 3.66. The molecule has 2 atom stereocenters. The number of likely N-dealkylation sites (tertiary alicyclic amines) is 1. The van der Waals surface area contributed by atoms with Crippen molar-refractivity contribution in [2.24, 2.45) is 5.92 Å². The monoisotopic (exact) mass is 591 g/mol. The Hall–Kier alpha value is -3.59. The van der Waals surface area contributed by atoms with Crippen molar-refractivity contribution in [2.45, 2.75) is 64.2 Å². The molecule has 0 aliphatic carbocycles. The summed E-state index contributed by atoms with van der Waals surface area (Å²) in [7, 11) is 0. The van der Waals surface area contributed by atoms with E-state index in [0.29, 0.717) is 36.7 Å². The molecular weight excluding hydrogens is 554 g/mol. The van der Waals surface area contributed by atoms with Crippen molar-refractivity contribution in [1.82, 2.24) is 19.9 Å². The molecular formula is C32H38ClN5O4. The van der Waals surface area contributed by atoms with Gasteiger partial charge in [-0.25, -0.2) is 14.8 Å². The predicted molar refractivity (Wildman–Crippen MR) is 164 cm³/mol. The number of halogens is 1. The number of furan rings is 1. The molecule has 0 bridgehead atoms. The number of aromatic amines is 1. The third kappa shape index (κ3) is 5.59. The fourth-order valence-corrected chi connectivity index (χ4v) is 6.54. The van der Waals surface area contributed by atoms with E-state index in [4.69, 9.17) is 30.7 Å². The zero-order valence-corrected chi connectivity index (χ0v) is 25.1. The standard InChI is InChI=1S/C32H38ClN5O4/c1-21-20-38(16-13-32(21,2)24-18-22(33)19-34-30(24)39)31(40)41-17-9-3-4-12-26-35-27-23-10-5-6-11-25(23)42-28(27)29(36-26)37-14-7-8-15-37/h5-6,10-11,18-19,21H,3-4,7-9,12-17,20H2,1-2H3,(H,34,39). The lowest BCUT2D eigenvalue weighted by molar-refractivity contribution is 0.0647. The Morgan fingerprint density at radius 3 is 2.79 bits per heavy atom. The number of H-pyrrole nitrogens is 1. The first kappa shape index (κ1) is 28.5. The maximum absolute atomic E-state index is 12.8. The van der Waals surface area contributed by atoms with Crippen LogP contribution < -0.4 is 10.5 Å². The first-order chi connectivity index (χ1) is 20.3. The topological polar surface area (TPSA) is 105 Å². The number of piperidine rings is 1. The van der Waals surface area contributed by atoms with Crippen molar-refractivity contribution in [3.05, 3.63) is 63.3 Å². The van der Waals surface area contributed by atoms with Crippen molar-refractivity contribution in [3.8, 4) is 0 Å². The second-order valence-electron chi connectivity index (χ2n) is 11.9. The number of hydrogen-bond donors (Lipinski definition) is 1. The van der Waals surface area contributed by atoms with Gasteiger partial charge >= 0.3 is 6.09 Å². The third-order valence-electron chi connectivity index (χ3n) is 9.15. The third-order valence-corrected chi connectivity index (χ3v) is 9.37. The van der Waals surface area contributed by atoms with E-state index in [2.05, 4.69) is 29.8 Å². The molecule has 2 saturated heterocycles. The molecule has 0 spiro atoms. The molecule has 42 heavy (non-hydrogen) atoms. The van der Waals surface area contributed by atoms with Crippen LogP contribution in [0.5, 0.6) is 0 Å². The summed E-state index contributed by atoms with van der Waals surface area (Å²) in [6, 6.07) is 9.78. The molecule has 2 unspecified atom stereocenters. The molecule has 0 saturated carbocycles. The number of nitrogens with zero attached hydrogens (tertiary/aromatic N) is 4. The number of unbranched alkanes of at least 4 members (excludes halogenated alkanes) is 2. The highest BCUT2D eigenvalue weighted by atomic mass is 35.5. The number of amides is 1. The van der Waals surface area contributed by atoms with Crippen molar-refractivity contribution in [1.29, 1.82) is 0 Å². The number of carbonyl (C=O) groups is 1. The second kappa shape index (κ2) is 12.0. The number of nitrogens with one attached hydrogen (secondary N) is 1. The maximum Gasteiger partial charge on any atom is 0.409 e. The highest BCUT2D eigenvalue weighted by molar-refractivity contribution is 6.30. The zero-order chi connectivity index (χ0) is 29.3. The van der Waals surface area contributed by atoms with Crippen LogP contribution in [0.3, 0.4) is 0 Å². The van der Waals surface area contributed by atoms with Crippen LogP contribution >= 0.6 is 11.6 Å². The average molecular weight is 592 g/mol. The molecule has 9 nitrogen and oxygen atoms in total. The highest BCUT2D eigenvalue weighted by Crippen LogP contribution is 2.39. The molecule has 2 fully saturated rings.